The monoisotopic (exact) mass is 400 g/mol. The quantitative estimate of drug-likeness (QED) is 0.755. The molecule has 2 rings (SSSR count). The summed E-state index contributed by atoms with van der Waals surface area (Å²) < 4.78 is 43.1. The number of likely N-dealkylation sites (N-methyl/N-ethyl adjacent to an activating group) is 1. The van der Waals surface area contributed by atoms with E-state index in [1.165, 1.54) is 19.2 Å². The van der Waals surface area contributed by atoms with E-state index in [2.05, 4.69) is 5.32 Å². The van der Waals surface area contributed by atoms with Crippen molar-refractivity contribution in [3.8, 4) is 5.75 Å². The lowest BCUT2D eigenvalue weighted by atomic mass is 10.1. The Bertz CT molecular complexity index is 795. The van der Waals surface area contributed by atoms with E-state index in [4.69, 9.17) is 16.3 Å². The van der Waals surface area contributed by atoms with Gasteiger partial charge in [0, 0.05) is 11.6 Å². The summed E-state index contributed by atoms with van der Waals surface area (Å²) in [6, 6.07) is 9.23. The van der Waals surface area contributed by atoms with Crippen LogP contribution in [0.2, 0.25) is 5.02 Å². The SMILES string of the molecule is COc1ccc(Cl)cc1NC(=O)[C@@H](C)N(C)Cc1ccc(C(F)(F)F)cc1. The third-order valence-electron chi connectivity index (χ3n) is 4.17. The van der Waals surface area contributed by atoms with Crippen LogP contribution in [0.25, 0.3) is 0 Å². The molecule has 146 valence electrons. The Morgan fingerprint density at radius 1 is 1.22 bits per heavy atom. The summed E-state index contributed by atoms with van der Waals surface area (Å²) in [5, 5.41) is 3.21. The van der Waals surface area contributed by atoms with Crippen molar-refractivity contribution in [2.24, 2.45) is 0 Å². The number of benzene rings is 2. The number of alkyl halides is 3. The molecule has 0 bridgehead atoms. The predicted octanol–water partition coefficient (Wildman–Crippen LogP) is 4.83. The topological polar surface area (TPSA) is 41.6 Å². The van der Waals surface area contributed by atoms with Crippen molar-refractivity contribution in [1.82, 2.24) is 4.90 Å². The number of hydrogen-bond acceptors (Lipinski definition) is 3. The van der Waals surface area contributed by atoms with Crippen molar-refractivity contribution in [1.29, 1.82) is 0 Å². The summed E-state index contributed by atoms with van der Waals surface area (Å²) in [4.78, 5) is 14.2. The van der Waals surface area contributed by atoms with Crippen LogP contribution in [0.15, 0.2) is 42.5 Å². The first-order chi connectivity index (χ1) is 12.6. The lowest BCUT2D eigenvalue weighted by Crippen LogP contribution is -2.39. The van der Waals surface area contributed by atoms with Gasteiger partial charge in [-0.15, -0.1) is 0 Å². The van der Waals surface area contributed by atoms with Crippen molar-refractivity contribution in [3.63, 3.8) is 0 Å². The summed E-state index contributed by atoms with van der Waals surface area (Å²) in [6.45, 7) is 2.02. The maximum atomic E-state index is 12.6. The highest BCUT2D eigenvalue weighted by Crippen LogP contribution is 2.30. The molecule has 4 nitrogen and oxygen atoms in total. The molecule has 0 fully saturated rings. The zero-order chi connectivity index (χ0) is 20.2. The largest absolute Gasteiger partial charge is 0.495 e. The number of carbonyl (C=O) groups is 1. The Labute approximate surface area is 160 Å². The van der Waals surface area contributed by atoms with Gasteiger partial charge < -0.3 is 10.1 Å². The fourth-order valence-electron chi connectivity index (χ4n) is 2.44. The summed E-state index contributed by atoms with van der Waals surface area (Å²) in [5.74, 6) is 0.190. The fraction of sp³-hybridized carbons (Fsp3) is 0.316. The molecule has 0 aromatic heterocycles. The third kappa shape index (κ3) is 5.61. The number of halogens is 4. The smallest absolute Gasteiger partial charge is 0.416 e. The van der Waals surface area contributed by atoms with Crippen LogP contribution < -0.4 is 10.1 Å². The Morgan fingerprint density at radius 3 is 2.41 bits per heavy atom. The Kier molecular flexibility index (Phi) is 6.73. The zero-order valence-corrected chi connectivity index (χ0v) is 15.9. The molecule has 0 unspecified atom stereocenters. The van der Waals surface area contributed by atoms with E-state index in [9.17, 15) is 18.0 Å². The Balaban J connectivity index is 2.03. The fourth-order valence-corrected chi connectivity index (χ4v) is 2.61. The number of rotatable bonds is 6. The van der Waals surface area contributed by atoms with Crippen molar-refractivity contribution in [3.05, 3.63) is 58.6 Å². The second-order valence-electron chi connectivity index (χ2n) is 6.12. The first-order valence-corrected chi connectivity index (χ1v) is 8.50. The number of ether oxygens (including phenoxy) is 1. The molecule has 0 spiro atoms. The van der Waals surface area contributed by atoms with Crippen LogP contribution in [0.4, 0.5) is 18.9 Å². The summed E-state index contributed by atoms with van der Waals surface area (Å²) >= 11 is 5.95. The molecule has 1 atom stereocenters. The van der Waals surface area contributed by atoms with Crippen LogP contribution in [0, 0.1) is 0 Å². The van der Waals surface area contributed by atoms with Crippen molar-refractivity contribution in [2.45, 2.75) is 25.7 Å². The van der Waals surface area contributed by atoms with Gasteiger partial charge in [0.2, 0.25) is 5.91 Å². The number of amides is 1. The van der Waals surface area contributed by atoms with E-state index < -0.39 is 17.8 Å². The first kappa shape index (κ1) is 21.1. The van der Waals surface area contributed by atoms with E-state index in [1.807, 2.05) is 0 Å². The van der Waals surface area contributed by atoms with E-state index in [1.54, 1.807) is 37.1 Å². The average molecular weight is 401 g/mol. The number of nitrogens with zero attached hydrogens (tertiary/aromatic N) is 1. The molecular formula is C19H20ClF3N2O2. The van der Waals surface area contributed by atoms with Crippen LogP contribution >= 0.6 is 11.6 Å². The highest BCUT2D eigenvalue weighted by Gasteiger charge is 2.30. The van der Waals surface area contributed by atoms with Gasteiger partial charge in [0.1, 0.15) is 5.75 Å². The molecule has 2 aromatic rings. The molecule has 2 aromatic carbocycles. The average Bonchev–Trinajstić information content (AvgIpc) is 2.61. The molecule has 1 amide bonds. The lowest BCUT2D eigenvalue weighted by Gasteiger charge is -2.24. The van der Waals surface area contributed by atoms with Crippen LogP contribution in [0.3, 0.4) is 0 Å². The molecule has 0 aliphatic carbocycles. The van der Waals surface area contributed by atoms with Gasteiger partial charge in [-0.05, 0) is 49.9 Å². The van der Waals surface area contributed by atoms with E-state index in [-0.39, 0.29) is 5.91 Å². The number of hydrogen-bond donors (Lipinski definition) is 1. The number of anilines is 1. The van der Waals surface area contributed by atoms with Crippen molar-refractivity contribution in [2.75, 3.05) is 19.5 Å². The van der Waals surface area contributed by atoms with Crippen LogP contribution in [-0.2, 0) is 17.5 Å². The molecule has 0 aliphatic heterocycles. The molecule has 0 heterocycles. The van der Waals surface area contributed by atoms with Gasteiger partial charge in [0.25, 0.3) is 0 Å². The lowest BCUT2D eigenvalue weighted by molar-refractivity contribution is -0.137. The van der Waals surface area contributed by atoms with Gasteiger partial charge in [0.15, 0.2) is 0 Å². The van der Waals surface area contributed by atoms with E-state index in [0.29, 0.717) is 28.6 Å². The van der Waals surface area contributed by atoms with Crippen molar-refractivity contribution >= 4 is 23.2 Å². The van der Waals surface area contributed by atoms with Crippen LogP contribution in [0.1, 0.15) is 18.1 Å². The van der Waals surface area contributed by atoms with Gasteiger partial charge in [0.05, 0.1) is 24.4 Å². The molecule has 0 radical (unpaired) electrons. The highest BCUT2D eigenvalue weighted by molar-refractivity contribution is 6.31. The maximum absolute atomic E-state index is 12.6. The van der Waals surface area contributed by atoms with Gasteiger partial charge in [-0.1, -0.05) is 23.7 Å². The second-order valence-corrected chi connectivity index (χ2v) is 6.56. The highest BCUT2D eigenvalue weighted by atomic mass is 35.5. The van der Waals surface area contributed by atoms with Gasteiger partial charge in [-0.3, -0.25) is 9.69 Å². The molecule has 0 saturated carbocycles. The number of carbonyl (C=O) groups excluding carboxylic acids is 1. The summed E-state index contributed by atoms with van der Waals surface area (Å²) in [6.07, 6.45) is -4.37. The van der Waals surface area contributed by atoms with Gasteiger partial charge in [-0.25, -0.2) is 0 Å². The third-order valence-corrected chi connectivity index (χ3v) is 4.41. The Hall–Kier alpha value is -2.25. The summed E-state index contributed by atoms with van der Waals surface area (Å²) in [7, 11) is 3.20. The number of methoxy groups -OCH3 is 1. The second kappa shape index (κ2) is 8.63. The molecular weight excluding hydrogens is 381 g/mol. The van der Waals surface area contributed by atoms with Gasteiger partial charge >= 0.3 is 6.18 Å². The van der Waals surface area contributed by atoms with E-state index >= 15 is 0 Å². The predicted molar refractivity (Wildman–Crippen MR) is 99.0 cm³/mol. The van der Waals surface area contributed by atoms with Crippen LogP contribution in [-0.4, -0.2) is 31.0 Å². The Morgan fingerprint density at radius 2 is 1.85 bits per heavy atom. The minimum Gasteiger partial charge on any atom is -0.495 e. The number of nitrogens with one attached hydrogen (secondary N) is 1. The molecule has 1 N–H and O–H groups in total. The van der Waals surface area contributed by atoms with Crippen LogP contribution in [0.5, 0.6) is 5.75 Å². The first-order valence-electron chi connectivity index (χ1n) is 8.12. The maximum Gasteiger partial charge on any atom is 0.416 e. The van der Waals surface area contributed by atoms with Gasteiger partial charge in [-0.2, -0.15) is 13.2 Å². The molecule has 0 saturated heterocycles. The summed E-state index contributed by atoms with van der Waals surface area (Å²) in [5.41, 5.74) is 0.419. The van der Waals surface area contributed by atoms with E-state index in [0.717, 1.165) is 12.1 Å². The molecule has 0 aliphatic rings. The minimum absolute atomic E-state index is 0.287. The minimum atomic E-state index is -4.37. The van der Waals surface area contributed by atoms with Crippen molar-refractivity contribution < 1.29 is 22.7 Å². The standard InChI is InChI=1S/C19H20ClF3N2O2/c1-12(18(26)24-16-10-15(20)8-9-17(16)27-3)25(2)11-13-4-6-14(7-5-13)19(21,22)23/h4-10,12H,11H2,1-3H3,(H,24,26)/t12-/m1/s1. The zero-order valence-electron chi connectivity index (χ0n) is 15.1. The molecule has 8 heteroatoms. The molecule has 27 heavy (non-hydrogen) atoms. The normalized spacial score (nSPS) is 12.7.